The summed E-state index contributed by atoms with van der Waals surface area (Å²) in [5.41, 5.74) is 2.73. The van der Waals surface area contributed by atoms with E-state index in [-0.39, 0.29) is 31.1 Å². The highest BCUT2D eigenvalue weighted by Crippen LogP contribution is 2.41. The topological polar surface area (TPSA) is 60.8 Å². The molecule has 1 aromatic rings. The Balaban J connectivity index is 0.00000166. The first kappa shape index (κ1) is 27.3. The third-order valence-electron chi connectivity index (χ3n) is 5.55. The van der Waals surface area contributed by atoms with Gasteiger partial charge in [0.1, 0.15) is 5.82 Å². The lowest BCUT2D eigenvalue weighted by Gasteiger charge is -2.48. The van der Waals surface area contributed by atoms with E-state index < -0.39 is 6.10 Å². The average Bonchev–Trinajstić information content (AvgIpc) is 3.07. The molecule has 5 heteroatoms. The molecule has 2 N–H and O–H groups in total. The van der Waals surface area contributed by atoms with Gasteiger partial charge in [0, 0.05) is 12.8 Å². The lowest BCUT2D eigenvalue weighted by molar-refractivity contribution is -0.129. The maximum absolute atomic E-state index is 13.4. The van der Waals surface area contributed by atoms with Gasteiger partial charge in [0.2, 0.25) is 5.91 Å². The van der Waals surface area contributed by atoms with Crippen molar-refractivity contribution >= 4 is 11.6 Å². The molecule has 0 bridgehead atoms. The summed E-state index contributed by atoms with van der Waals surface area (Å²) in [7, 11) is 1.00. The third kappa shape index (κ3) is 6.38. The van der Waals surface area contributed by atoms with Crippen molar-refractivity contribution in [3.8, 4) is 0 Å². The zero-order chi connectivity index (χ0) is 22.8. The molecule has 0 unspecified atom stereocenters. The minimum absolute atomic E-state index is 0. The smallest absolute Gasteiger partial charge is 0.233 e. The number of anilines is 1. The van der Waals surface area contributed by atoms with Crippen LogP contribution in [-0.4, -0.2) is 35.4 Å². The Kier molecular flexibility index (Phi) is 11.6. The number of hydrogen-bond acceptors (Lipinski definition) is 3. The first-order valence-electron chi connectivity index (χ1n) is 10.6. The summed E-state index contributed by atoms with van der Waals surface area (Å²) in [5.74, 6) is -0.482. The van der Waals surface area contributed by atoms with Gasteiger partial charge < -0.3 is 15.1 Å². The molecule has 1 aliphatic carbocycles. The van der Waals surface area contributed by atoms with E-state index in [1.54, 1.807) is 17.0 Å². The Labute approximate surface area is 191 Å². The first-order valence-corrected chi connectivity index (χ1v) is 10.6. The number of aliphatic hydroxyl groups excluding tert-OH is 2. The summed E-state index contributed by atoms with van der Waals surface area (Å²) in [6.45, 7) is 3.82. The van der Waals surface area contributed by atoms with Gasteiger partial charge in [-0.25, -0.2) is 4.39 Å². The molecule has 1 aliphatic heterocycles. The van der Waals surface area contributed by atoms with E-state index >= 15 is 0 Å². The summed E-state index contributed by atoms with van der Waals surface area (Å²) in [6.07, 6.45) is 17.1. The number of rotatable bonds is 7. The maximum atomic E-state index is 13.4. The van der Waals surface area contributed by atoms with Crippen LogP contribution in [-0.2, 0) is 4.79 Å². The van der Waals surface area contributed by atoms with Gasteiger partial charge in [0.15, 0.2) is 0 Å². The van der Waals surface area contributed by atoms with Gasteiger partial charge in [0.25, 0.3) is 0 Å². The van der Waals surface area contributed by atoms with Gasteiger partial charge in [-0.2, -0.15) is 0 Å². The van der Waals surface area contributed by atoms with E-state index in [1.807, 2.05) is 50.3 Å². The summed E-state index contributed by atoms with van der Waals surface area (Å²) in [6, 6.07) is 5.99. The largest absolute Gasteiger partial charge is 0.400 e. The standard InChI is InChI=1S/C25H28FNO2.CH4O.CH4/c1-3-9-18(4-2)23(28)17-16-22-24(19-10-7-5-6-8-11-19)27(25(22)29)21-14-12-20(26)13-15-21;1-2;/h3-10,12-15,22-24,28H,11,16-17H2,1-2H3;2H,1H3;1H4/b9-3-,18-4+;;/t22-,23+,24-;;/m1../s1. The van der Waals surface area contributed by atoms with Crippen LogP contribution in [0.4, 0.5) is 10.1 Å². The molecule has 1 heterocycles. The fourth-order valence-corrected chi connectivity index (χ4v) is 4.05. The van der Waals surface area contributed by atoms with Gasteiger partial charge in [-0.1, -0.05) is 56.0 Å². The molecule has 32 heavy (non-hydrogen) atoms. The van der Waals surface area contributed by atoms with Crippen LogP contribution in [0.5, 0.6) is 0 Å². The van der Waals surface area contributed by atoms with Crippen LogP contribution in [0.3, 0.4) is 0 Å². The number of nitrogens with zero attached hydrogens (tertiary/aromatic N) is 1. The zero-order valence-corrected chi connectivity index (χ0v) is 18.4. The van der Waals surface area contributed by atoms with Gasteiger partial charge in [-0.3, -0.25) is 4.79 Å². The molecule has 1 fully saturated rings. The molecule has 4 nitrogen and oxygen atoms in total. The van der Waals surface area contributed by atoms with Crippen molar-refractivity contribution in [3.63, 3.8) is 0 Å². The molecular weight excluding hydrogens is 405 g/mol. The molecule has 1 amide bonds. The first-order chi connectivity index (χ1) is 15.1. The van der Waals surface area contributed by atoms with Crippen LogP contribution < -0.4 is 4.90 Å². The number of benzene rings is 1. The van der Waals surface area contributed by atoms with Gasteiger partial charge in [0.05, 0.1) is 18.1 Å². The second-order valence-corrected chi connectivity index (χ2v) is 7.38. The average molecular weight is 442 g/mol. The number of amides is 1. The van der Waals surface area contributed by atoms with Crippen LogP contribution in [0.25, 0.3) is 0 Å². The lowest BCUT2D eigenvalue weighted by atomic mass is 9.77. The van der Waals surface area contributed by atoms with Gasteiger partial charge >= 0.3 is 0 Å². The maximum Gasteiger partial charge on any atom is 0.233 e. The molecule has 3 atom stereocenters. The fourth-order valence-electron chi connectivity index (χ4n) is 4.05. The summed E-state index contributed by atoms with van der Waals surface area (Å²) >= 11 is 0. The van der Waals surface area contributed by atoms with E-state index in [9.17, 15) is 14.3 Å². The normalized spacial score (nSPS) is 21.2. The molecule has 0 radical (unpaired) electrons. The van der Waals surface area contributed by atoms with Crippen molar-refractivity contribution < 1.29 is 19.4 Å². The highest BCUT2D eigenvalue weighted by Gasteiger charge is 2.48. The highest BCUT2D eigenvalue weighted by atomic mass is 19.1. The van der Waals surface area contributed by atoms with Crippen molar-refractivity contribution in [2.24, 2.45) is 5.92 Å². The Morgan fingerprint density at radius 1 is 1.19 bits per heavy atom. The van der Waals surface area contributed by atoms with Crippen LogP contribution in [0.1, 0.15) is 40.5 Å². The number of carbonyl (C=O) groups excluding carboxylic acids is 1. The highest BCUT2D eigenvalue weighted by molar-refractivity contribution is 6.04. The monoisotopic (exact) mass is 441 g/mol. The number of allylic oxidation sites excluding steroid dienone is 7. The van der Waals surface area contributed by atoms with Crippen LogP contribution in [0, 0.1) is 11.7 Å². The van der Waals surface area contributed by atoms with Gasteiger partial charge in [-0.05, 0) is 68.5 Å². The molecule has 1 aromatic carbocycles. The van der Waals surface area contributed by atoms with Crippen molar-refractivity contribution in [2.75, 3.05) is 12.0 Å². The molecule has 3 rings (SSSR count). The summed E-state index contributed by atoms with van der Waals surface area (Å²) in [5, 5.41) is 17.5. The second kappa shape index (κ2) is 13.6. The van der Waals surface area contributed by atoms with Crippen molar-refractivity contribution in [2.45, 2.75) is 52.7 Å². The van der Waals surface area contributed by atoms with Crippen molar-refractivity contribution in [1.29, 1.82) is 0 Å². The number of carbonyl (C=O) groups is 1. The van der Waals surface area contributed by atoms with Crippen LogP contribution in [0.2, 0.25) is 0 Å². The predicted octanol–water partition coefficient (Wildman–Crippen LogP) is 5.51. The molecule has 0 aromatic heterocycles. The molecular formula is C27H36FNO3. The number of hydrogen-bond donors (Lipinski definition) is 2. The Hall–Kier alpha value is -2.76. The quantitative estimate of drug-likeness (QED) is 0.433. The van der Waals surface area contributed by atoms with E-state index in [4.69, 9.17) is 5.11 Å². The van der Waals surface area contributed by atoms with Crippen LogP contribution >= 0.6 is 0 Å². The molecule has 2 aliphatic rings. The molecule has 174 valence electrons. The van der Waals surface area contributed by atoms with E-state index in [0.29, 0.717) is 18.5 Å². The van der Waals surface area contributed by atoms with E-state index in [2.05, 4.69) is 12.2 Å². The molecule has 0 spiro atoms. The zero-order valence-electron chi connectivity index (χ0n) is 18.4. The van der Waals surface area contributed by atoms with Crippen molar-refractivity contribution in [3.05, 3.63) is 89.8 Å². The number of β-lactam (4-membered cyclic amide) rings is 1. The molecule has 1 saturated heterocycles. The van der Waals surface area contributed by atoms with Gasteiger partial charge in [-0.15, -0.1) is 0 Å². The lowest BCUT2D eigenvalue weighted by Crippen LogP contribution is -2.62. The Bertz CT molecular complexity index is 881. The summed E-state index contributed by atoms with van der Waals surface area (Å²) in [4.78, 5) is 14.8. The van der Waals surface area contributed by atoms with E-state index in [1.165, 1.54) is 12.1 Å². The summed E-state index contributed by atoms with van der Waals surface area (Å²) < 4.78 is 13.4. The fraction of sp³-hybridized carbons (Fsp3) is 0.370. The third-order valence-corrected chi connectivity index (χ3v) is 5.55. The van der Waals surface area contributed by atoms with Crippen LogP contribution in [0.15, 0.2) is 84.0 Å². The predicted molar refractivity (Wildman–Crippen MR) is 131 cm³/mol. The number of halogens is 1. The van der Waals surface area contributed by atoms with E-state index in [0.717, 1.165) is 24.7 Å². The Morgan fingerprint density at radius 2 is 1.88 bits per heavy atom. The minimum Gasteiger partial charge on any atom is -0.400 e. The second-order valence-electron chi connectivity index (χ2n) is 7.38. The number of aliphatic hydroxyl groups is 2. The van der Waals surface area contributed by atoms with Crippen molar-refractivity contribution in [1.82, 2.24) is 0 Å². The molecule has 0 saturated carbocycles. The Morgan fingerprint density at radius 3 is 2.50 bits per heavy atom. The minimum atomic E-state index is -0.590. The SMILES string of the molecule is C.C/C=C\C(=C/C)[C@@H](O)CC[C@H]1C(=O)N(c2ccc(F)cc2)[C@@H]1C1=CC=CC=CC1.CO.